The predicted molar refractivity (Wildman–Crippen MR) is 89.8 cm³/mol. The van der Waals surface area contributed by atoms with E-state index in [0.29, 0.717) is 16.6 Å². The van der Waals surface area contributed by atoms with E-state index in [0.717, 1.165) is 25.9 Å². The van der Waals surface area contributed by atoms with Gasteiger partial charge < -0.3 is 10.2 Å². The van der Waals surface area contributed by atoms with Crippen LogP contribution in [0.15, 0.2) is 12.1 Å². The van der Waals surface area contributed by atoms with Crippen LogP contribution < -0.4 is 5.32 Å². The number of unbranched alkanes of at least 4 members (excludes halogenated alkanes) is 1. The lowest BCUT2D eigenvalue weighted by Gasteiger charge is -2.21. The maximum atomic E-state index is 13.5. The minimum atomic E-state index is -0.428. The Hall–Kier alpha value is -0.350. The van der Waals surface area contributed by atoms with Gasteiger partial charge in [0.2, 0.25) is 0 Å². The van der Waals surface area contributed by atoms with Gasteiger partial charge in [-0.15, -0.1) is 0 Å². The van der Waals surface area contributed by atoms with Crippen LogP contribution >= 0.6 is 23.2 Å². The molecule has 1 aromatic rings. The Kier molecular flexibility index (Phi) is 7.96. The van der Waals surface area contributed by atoms with Crippen LogP contribution in [0.5, 0.6) is 0 Å². The van der Waals surface area contributed by atoms with Gasteiger partial charge in [0.1, 0.15) is 5.82 Å². The van der Waals surface area contributed by atoms with Crippen LogP contribution in [0.25, 0.3) is 0 Å². The summed E-state index contributed by atoms with van der Waals surface area (Å²) < 4.78 is 13.5. The Morgan fingerprint density at radius 2 is 1.86 bits per heavy atom. The lowest BCUT2D eigenvalue weighted by atomic mass is 10.1. The highest BCUT2D eigenvalue weighted by Gasteiger charge is 2.16. The zero-order valence-electron chi connectivity index (χ0n) is 13.2. The fourth-order valence-corrected chi connectivity index (χ4v) is 2.80. The molecule has 0 bridgehead atoms. The number of nitrogens with zero attached hydrogens (tertiary/aromatic N) is 1. The van der Waals surface area contributed by atoms with Crippen molar-refractivity contribution < 1.29 is 4.39 Å². The molecule has 1 unspecified atom stereocenters. The summed E-state index contributed by atoms with van der Waals surface area (Å²) in [5.41, 5.74) is 0.637. The first-order valence-corrected chi connectivity index (χ1v) is 8.17. The normalized spacial score (nSPS) is 13.2. The van der Waals surface area contributed by atoms with Crippen molar-refractivity contribution >= 4 is 23.2 Å². The quantitative estimate of drug-likeness (QED) is 0.537. The van der Waals surface area contributed by atoms with Gasteiger partial charge in [0, 0.05) is 22.7 Å². The number of hydrogen-bond donors (Lipinski definition) is 1. The van der Waals surface area contributed by atoms with Crippen LogP contribution in [0.4, 0.5) is 4.39 Å². The summed E-state index contributed by atoms with van der Waals surface area (Å²) in [6, 6.07) is 3.35. The molecule has 1 atom stereocenters. The summed E-state index contributed by atoms with van der Waals surface area (Å²) in [4.78, 5) is 2.32. The van der Waals surface area contributed by atoms with Crippen LogP contribution in [0.2, 0.25) is 10.0 Å². The molecule has 0 spiro atoms. The molecule has 0 amide bonds. The predicted octanol–water partition coefficient (Wildman–Crippen LogP) is 4.90. The van der Waals surface area contributed by atoms with Crippen LogP contribution in [0.1, 0.15) is 45.2 Å². The molecule has 21 heavy (non-hydrogen) atoms. The summed E-state index contributed by atoms with van der Waals surface area (Å²) in [5, 5.41) is 3.97. The monoisotopic (exact) mass is 334 g/mol. The zero-order chi connectivity index (χ0) is 16.0. The molecule has 2 nitrogen and oxygen atoms in total. The highest BCUT2D eigenvalue weighted by molar-refractivity contribution is 6.36. The van der Waals surface area contributed by atoms with E-state index in [1.165, 1.54) is 6.07 Å². The second kappa shape index (κ2) is 8.94. The van der Waals surface area contributed by atoms with Crippen LogP contribution in [0.3, 0.4) is 0 Å². The molecule has 0 aliphatic rings. The lowest BCUT2D eigenvalue weighted by molar-refractivity contribution is 0.267. The zero-order valence-corrected chi connectivity index (χ0v) is 14.7. The van der Waals surface area contributed by atoms with Crippen molar-refractivity contribution in [2.75, 3.05) is 20.1 Å². The summed E-state index contributed by atoms with van der Waals surface area (Å²) in [7, 11) is 2.13. The first-order valence-electron chi connectivity index (χ1n) is 7.41. The number of halogens is 3. The third kappa shape index (κ3) is 5.74. The van der Waals surface area contributed by atoms with Crippen molar-refractivity contribution in [1.82, 2.24) is 10.2 Å². The Balaban J connectivity index is 2.41. The van der Waals surface area contributed by atoms with E-state index in [1.54, 1.807) is 6.07 Å². The van der Waals surface area contributed by atoms with Gasteiger partial charge in [-0.05, 0) is 65.9 Å². The van der Waals surface area contributed by atoms with E-state index >= 15 is 0 Å². The van der Waals surface area contributed by atoms with Gasteiger partial charge in [-0.2, -0.15) is 0 Å². The number of nitrogens with one attached hydrogen (secondary N) is 1. The van der Waals surface area contributed by atoms with E-state index in [9.17, 15) is 4.39 Å². The van der Waals surface area contributed by atoms with Crippen molar-refractivity contribution in [1.29, 1.82) is 0 Å². The molecule has 1 aromatic carbocycles. The van der Waals surface area contributed by atoms with E-state index in [1.807, 2.05) is 6.92 Å². The van der Waals surface area contributed by atoms with Crippen LogP contribution in [-0.2, 0) is 0 Å². The fraction of sp³-hybridized carbons (Fsp3) is 0.625. The van der Waals surface area contributed by atoms with Gasteiger partial charge in [0.05, 0.1) is 5.02 Å². The van der Waals surface area contributed by atoms with Gasteiger partial charge in [-0.3, -0.25) is 0 Å². The summed E-state index contributed by atoms with van der Waals surface area (Å²) in [5.74, 6) is -0.428. The van der Waals surface area contributed by atoms with E-state index in [-0.39, 0.29) is 11.1 Å². The van der Waals surface area contributed by atoms with Crippen molar-refractivity contribution in [3.8, 4) is 0 Å². The van der Waals surface area contributed by atoms with Crippen LogP contribution in [0, 0.1) is 5.82 Å². The standard InChI is InChI=1S/C16H25Cl2FN2/c1-11(2)21(4)10-6-5-9-20-12(3)15-13(17)7-8-14(19)16(15)18/h7-8,11-12,20H,5-6,9-10H2,1-4H3. The third-order valence-corrected chi connectivity index (χ3v) is 4.50. The Labute approximate surface area is 137 Å². The maximum Gasteiger partial charge on any atom is 0.142 e. The van der Waals surface area contributed by atoms with Gasteiger partial charge in [0.25, 0.3) is 0 Å². The fourth-order valence-electron chi connectivity index (χ4n) is 2.10. The van der Waals surface area contributed by atoms with Gasteiger partial charge in [-0.25, -0.2) is 4.39 Å². The maximum absolute atomic E-state index is 13.5. The molecule has 0 aromatic heterocycles. The summed E-state index contributed by atoms with van der Waals surface area (Å²) in [6.07, 6.45) is 2.19. The molecule has 0 saturated heterocycles. The van der Waals surface area contributed by atoms with Crippen molar-refractivity contribution in [3.05, 3.63) is 33.6 Å². The number of benzene rings is 1. The third-order valence-electron chi connectivity index (χ3n) is 3.78. The molecule has 0 aliphatic carbocycles. The molecule has 1 N–H and O–H groups in total. The van der Waals surface area contributed by atoms with E-state index in [4.69, 9.17) is 23.2 Å². The minimum absolute atomic E-state index is 0.0662. The molecule has 0 aliphatic heterocycles. The second-order valence-electron chi connectivity index (χ2n) is 5.71. The molecular weight excluding hydrogens is 310 g/mol. The molecule has 5 heteroatoms. The van der Waals surface area contributed by atoms with Gasteiger partial charge in [-0.1, -0.05) is 23.2 Å². The lowest BCUT2D eigenvalue weighted by Crippen LogP contribution is -2.28. The topological polar surface area (TPSA) is 15.3 Å². The smallest absolute Gasteiger partial charge is 0.142 e. The average Bonchev–Trinajstić information content (AvgIpc) is 2.42. The molecule has 120 valence electrons. The minimum Gasteiger partial charge on any atom is -0.310 e. The Morgan fingerprint density at radius 1 is 1.19 bits per heavy atom. The summed E-state index contributed by atoms with van der Waals surface area (Å²) >= 11 is 12.1. The Bertz CT molecular complexity index is 452. The highest BCUT2D eigenvalue weighted by atomic mass is 35.5. The van der Waals surface area contributed by atoms with Gasteiger partial charge in [0.15, 0.2) is 0 Å². The Morgan fingerprint density at radius 3 is 2.48 bits per heavy atom. The first-order chi connectivity index (χ1) is 9.84. The van der Waals surface area contributed by atoms with Gasteiger partial charge >= 0.3 is 0 Å². The number of rotatable bonds is 8. The van der Waals surface area contributed by atoms with Crippen molar-refractivity contribution in [2.24, 2.45) is 0 Å². The SMILES string of the molecule is CC(NCCCCN(C)C(C)C)c1c(Cl)ccc(F)c1Cl. The van der Waals surface area contributed by atoms with Crippen LogP contribution in [-0.4, -0.2) is 31.1 Å². The molecular formula is C16H25Cl2FN2. The second-order valence-corrected chi connectivity index (χ2v) is 6.50. The van der Waals surface area contributed by atoms with E-state index < -0.39 is 5.82 Å². The number of hydrogen-bond acceptors (Lipinski definition) is 2. The average molecular weight is 335 g/mol. The largest absolute Gasteiger partial charge is 0.310 e. The molecule has 0 radical (unpaired) electrons. The van der Waals surface area contributed by atoms with Crippen molar-refractivity contribution in [2.45, 2.75) is 45.7 Å². The summed E-state index contributed by atoms with van der Waals surface area (Å²) in [6.45, 7) is 8.26. The first kappa shape index (κ1) is 18.7. The molecule has 1 rings (SSSR count). The molecule has 0 fully saturated rings. The van der Waals surface area contributed by atoms with E-state index in [2.05, 4.69) is 31.1 Å². The molecule has 0 heterocycles. The van der Waals surface area contributed by atoms with Crippen molar-refractivity contribution in [3.63, 3.8) is 0 Å². The molecule has 0 saturated carbocycles. The highest BCUT2D eigenvalue weighted by Crippen LogP contribution is 2.32.